The maximum absolute atomic E-state index is 5.80. The molecule has 0 bridgehead atoms. The summed E-state index contributed by atoms with van der Waals surface area (Å²) in [4.78, 5) is 4.49. The molecule has 3 atom stereocenters. The zero-order valence-electron chi connectivity index (χ0n) is 12.9. The van der Waals surface area contributed by atoms with E-state index < -0.39 is 0 Å². The molecule has 3 nitrogen and oxygen atoms in total. The number of hydrogen-bond acceptors (Lipinski definition) is 3. The van der Waals surface area contributed by atoms with Gasteiger partial charge in [0.1, 0.15) is 0 Å². The molecule has 0 spiro atoms. The molecule has 2 aromatic rings. The highest BCUT2D eigenvalue weighted by atomic mass is 16.5. The second kappa shape index (κ2) is 6.54. The summed E-state index contributed by atoms with van der Waals surface area (Å²) in [6.45, 7) is 6.26. The second-order valence-corrected chi connectivity index (χ2v) is 5.99. The standard InChI is InChI=1S/C18H24N2O/c1-3-9-20-18(14-11-13(2)21-12-14)16-6-4-8-17-15(16)7-5-10-19-17/h4-8,10,13-14,18,20H,3,9,11-12H2,1-2H3. The smallest absolute Gasteiger partial charge is 0.0705 e. The third-order valence-electron chi connectivity index (χ3n) is 4.33. The van der Waals surface area contributed by atoms with E-state index in [1.54, 1.807) is 0 Å². The third kappa shape index (κ3) is 3.09. The number of ether oxygens (including phenoxy) is 1. The maximum atomic E-state index is 5.80. The molecule has 1 aliphatic heterocycles. The van der Waals surface area contributed by atoms with Crippen LogP contribution in [0.25, 0.3) is 10.9 Å². The van der Waals surface area contributed by atoms with Gasteiger partial charge in [0.25, 0.3) is 0 Å². The fraction of sp³-hybridized carbons (Fsp3) is 0.500. The summed E-state index contributed by atoms with van der Waals surface area (Å²) in [6.07, 6.45) is 4.50. The van der Waals surface area contributed by atoms with E-state index in [0.29, 0.717) is 18.1 Å². The molecule has 3 rings (SSSR count). The third-order valence-corrected chi connectivity index (χ3v) is 4.33. The summed E-state index contributed by atoms with van der Waals surface area (Å²) < 4.78 is 5.80. The molecule has 0 radical (unpaired) electrons. The van der Waals surface area contributed by atoms with Crippen molar-refractivity contribution in [3.8, 4) is 0 Å². The van der Waals surface area contributed by atoms with Crippen LogP contribution in [-0.4, -0.2) is 24.2 Å². The lowest BCUT2D eigenvalue weighted by atomic mass is 9.88. The van der Waals surface area contributed by atoms with Gasteiger partial charge >= 0.3 is 0 Å². The Balaban J connectivity index is 1.97. The molecule has 1 aromatic carbocycles. The molecule has 112 valence electrons. The van der Waals surface area contributed by atoms with Crippen LogP contribution in [0, 0.1) is 5.92 Å². The summed E-state index contributed by atoms with van der Waals surface area (Å²) >= 11 is 0. The van der Waals surface area contributed by atoms with Crippen molar-refractivity contribution >= 4 is 10.9 Å². The van der Waals surface area contributed by atoms with E-state index in [-0.39, 0.29) is 0 Å². The Labute approximate surface area is 126 Å². The number of fused-ring (bicyclic) bond motifs is 1. The molecule has 0 saturated carbocycles. The van der Waals surface area contributed by atoms with E-state index in [1.807, 2.05) is 12.3 Å². The number of benzene rings is 1. The van der Waals surface area contributed by atoms with Gasteiger partial charge in [0.05, 0.1) is 18.2 Å². The van der Waals surface area contributed by atoms with E-state index >= 15 is 0 Å². The fourth-order valence-corrected chi connectivity index (χ4v) is 3.31. The van der Waals surface area contributed by atoms with Crippen LogP contribution in [0.2, 0.25) is 0 Å². The van der Waals surface area contributed by atoms with Gasteiger partial charge in [-0.05, 0) is 44.0 Å². The molecule has 0 aliphatic carbocycles. The van der Waals surface area contributed by atoms with Gasteiger partial charge < -0.3 is 10.1 Å². The first kappa shape index (κ1) is 14.5. The van der Waals surface area contributed by atoms with Crippen LogP contribution < -0.4 is 5.32 Å². The first-order chi connectivity index (χ1) is 10.3. The van der Waals surface area contributed by atoms with Crippen molar-refractivity contribution in [2.45, 2.75) is 38.8 Å². The summed E-state index contributed by atoms with van der Waals surface area (Å²) in [5.74, 6) is 0.539. The van der Waals surface area contributed by atoms with Crippen molar-refractivity contribution < 1.29 is 4.74 Å². The predicted octanol–water partition coefficient (Wildman–Crippen LogP) is 3.70. The van der Waals surface area contributed by atoms with Crippen LogP contribution in [0.15, 0.2) is 36.5 Å². The first-order valence-corrected chi connectivity index (χ1v) is 7.98. The average molecular weight is 284 g/mol. The Morgan fingerprint density at radius 2 is 2.24 bits per heavy atom. The lowest BCUT2D eigenvalue weighted by Crippen LogP contribution is -2.29. The SMILES string of the molecule is CCCNC(c1cccc2ncccc12)C1COC(C)C1. The van der Waals surface area contributed by atoms with E-state index in [9.17, 15) is 0 Å². The Morgan fingerprint density at radius 1 is 1.33 bits per heavy atom. The van der Waals surface area contributed by atoms with E-state index in [1.165, 1.54) is 10.9 Å². The number of hydrogen-bond donors (Lipinski definition) is 1. The molecule has 0 amide bonds. The Morgan fingerprint density at radius 3 is 3.00 bits per heavy atom. The molecular formula is C18H24N2O. The summed E-state index contributed by atoms with van der Waals surface area (Å²) in [6, 6.07) is 11.0. The molecular weight excluding hydrogens is 260 g/mol. The first-order valence-electron chi connectivity index (χ1n) is 7.98. The molecule has 21 heavy (non-hydrogen) atoms. The van der Waals surface area contributed by atoms with Crippen LogP contribution in [0.1, 0.15) is 38.3 Å². The molecule has 1 saturated heterocycles. The predicted molar refractivity (Wildman–Crippen MR) is 86.3 cm³/mol. The normalized spacial score (nSPS) is 23.5. The highest BCUT2D eigenvalue weighted by molar-refractivity contribution is 5.82. The minimum Gasteiger partial charge on any atom is -0.378 e. The average Bonchev–Trinajstić information content (AvgIpc) is 2.94. The topological polar surface area (TPSA) is 34.2 Å². The van der Waals surface area contributed by atoms with Crippen molar-refractivity contribution in [2.24, 2.45) is 5.92 Å². The summed E-state index contributed by atoms with van der Waals surface area (Å²) in [5, 5.41) is 4.99. The van der Waals surface area contributed by atoms with Crippen molar-refractivity contribution in [1.29, 1.82) is 0 Å². The second-order valence-electron chi connectivity index (χ2n) is 5.99. The van der Waals surface area contributed by atoms with Gasteiger partial charge in [0, 0.05) is 23.5 Å². The minimum absolute atomic E-state index is 0.350. The lowest BCUT2D eigenvalue weighted by Gasteiger charge is -2.25. The van der Waals surface area contributed by atoms with Crippen LogP contribution in [0.4, 0.5) is 0 Å². The summed E-state index contributed by atoms with van der Waals surface area (Å²) in [5.41, 5.74) is 2.43. The van der Waals surface area contributed by atoms with Crippen molar-refractivity contribution in [3.05, 3.63) is 42.1 Å². The zero-order valence-corrected chi connectivity index (χ0v) is 12.9. The van der Waals surface area contributed by atoms with Gasteiger partial charge in [-0.2, -0.15) is 0 Å². The molecule has 3 unspecified atom stereocenters. The highest BCUT2D eigenvalue weighted by Gasteiger charge is 2.31. The maximum Gasteiger partial charge on any atom is 0.0705 e. The number of nitrogens with zero attached hydrogens (tertiary/aromatic N) is 1. The van der Waals surface area contributed by atoms with Gasteiger partial charge in [0.2, 0.25) is 0 Å². The van der Waals surface area contributed by atoms with Crippen molar-refractivity contribution in [2.75, 3.05) is 13.2 Å². The van der Waals surface area contributed by atoms with Crippen LogP contribution in [0.5, 0.6) is 0 Å². The number of nitrogens with one attached hydrogen (secondary N) is 1. The monoisotopic (exact) mass is 284 g/mol. The number of pyridine rings is 1. The molecule has 3 heteroatoms. The van der Waals surface area contributed by atoms with Gasteiger partial charge in [0.15, 0.2) is 0 Å². The highest BCUT2D eigenvalue weighted by Crippen LogP contribution is 2.34. The molecule has 1 N–H and O–H groups in total. The largest absolute Gasteiger partial charge is 0.378 e. The fourth-order valence-electron chi connectivity index (χ4n) is 3.31. The van der Waals surface area contributed by atoms with Crippen LogP contribution in [0.3, 0.4) is 0 Å². The van der Waals surface area contributed by atoms with E-state index in [4.69, 9.17) is 4.74 Å². The van der Waals surface area contributed by atoms with Gasteiger partial charge in [-0.15, -0.1) is 0 Å². The molecule has 2 heterocycles. The Hall–Kier alpha value is -1.45. The molecule has 1 aromatic heterocycles. The van der Waals surface area contributed by atoms with Crippen LogP contribution in [-0.2, 0) is 4.74 Å². The summed E-state index contributed by atoms with van der Waals surface area (Å²) in [7, 11) is 0. The molecule has 1 fully saturated rings. The van der Waals surface area contributed by atoms with Gasteiger partial charge in [-0.25, -0.2) is 0 Å². The van der Waals surface area contributed by atoms with Crippen molar-refractivity contribution in [1.82, 2.24) is 10.3 Å². The number of aromatic nitrogens is 1. The van der Waals surface area contributed by atoms with E-state index in [2.05, 4.69) is 48.4 Å². The Bertz CT molecular complexity index is 593. The van der Waals surface area contributed by atoms with Crippen LogP contribution >= 0.6 is 0 Å². The van der Waals surface area contributed by atoms with Gasteiger partial charge in [-0.3, -0.25) is 4.98 Å². The Kier molecular flexibility index (Phi) is 4.51. The van der Waals surface area contributed by atoms with E-state index in [0.717, 1.165) is 31.5 Å². The lowest BCUT2D eigenvalue weighted by molar-refractivity contribution is 0.117. The number of rotatable bonds is 5. The minimum atomic E-state index is 0.350. The van der Waals surface area contributed by atoms with Gasteiger partial charge in [-0.1, -0.05) is 25.1 Å². The van der Waals surface area contributed by atoms with Crippen molar-refractivity contribution in [3.63, 3.8) is 0 Å². The quantitative estimate of drug-likeness (QED) is 0.909. The zero-order chi connectivity index (χ0) is 14.7. The molecule has 1 aliphatic rings.